The van der Waals surface area contributed by atoms with Gasteiger partial charge in [0.2, 0.25) is 0 Å². The van der Waals surface area contributed by atoms with Gasteiger partial charge in [-0.25, -0.2) is 4.79 Å². The Morgan fingerprint density at radius 2 is 2.00 bits per heavy atom. The highest BCUT2D eigenvalue weighted by Crippen LogP contribution is 2.17. The van der Waals surface area contributed by atoms with E-state index in [4.69, 9.17) is 9.47 Å². The molecule has 4 nitrogen and oxygen atoms in total. The summed E-state index contributed by atoms with van der Waals surface area (Å²) >= 11 is 0. The topological polar surface area (TPSA) is 52.6 Å². The van der Waals surface area contributed by atoms with Crippen LogP contribution in [-0.2, 0) is 9.53 Å². The van der Waals surface area contributed by atoms with Crippen LogP contribution in [0.15, 0.2) is 24.3 Å². The Hall–Kier alpha value is -1.84. The van der Waals surface area contributed by atoms with Crippen LogP contribution in [0.1, 0.15) is 44.0 Å². The van der Waals surface area contributed by atoms with Crippen LogP contribution >= 0.6 is 0 Å². The maximum Gasteiger partial charge on any atom is 0.347 e. The number of hydrogen-bond acceptors (Lipinski definition) is 4. The van der Waals surface area contributed by atoms with Crippen molar-refractivity contribution in [2.75, 3.05) is 6.61 Å². The number of carbonyl (C=O) groups excluding carboxylic acids is 2. The van der Waals surface area contributed by atoms with E-state index in [0.717, 1.165) is 6.42 Å². The molecule has 0 saturated carbocycles. The average Bonchev–Trinajstić information content (AvgIpc) is 2.39. The van der Waals surface area contributed by atoms with Crippen molar-refractivity contribution in [2.24, 2.45) is 0 Å². The Kier molecular flexibility index (Phi) is 6.06. The van der Waals surface area contributed by atoms with Crippen molar-refractivity contribution in [1.29, 1.82) is 0 Å². The van der Waals surface area contributed by atoms with E-state index in [1.54, 1.807) is 31.2 Å². The molecular formula is C15H20O4. The van der Waals surface area contributed by atoms with Crippen LogP contribution in [0.3, 0.4) is 0 Å². The molecule has 4 heteroatoms. The van der Waals surface area contributed by atoms with Crippen molar-refractivity contribution < 1.29 is 19.1 Å². The average molecular weight is 264 g/mol. The second kappa shape index (κ2) is 7.56. The lowest BCUT2D eigenvalue weighted by Gasteiger charge is -2.17. The first-order valence-electron chi connectivity index (χ1n) is 6.52. The van der Waals surface area contributed by atoms with E-state index in [9.17, 15) is 9.59 Å². The summed E-state index contributed by atoms with van der Waals surface area (Å²) in [6.45, 7) is 5.56. The zero-order chi connectivity index (χ0) is 14.3. The fourth-order valence-electron chi connectivity index (χ4n) is 1.67. The number of esters is 1. The smallest absolute Gasteiger partial charge is 0.347 e. The SMILES string of the molecule is CCCC(Oc1cccc(C(C)=O)c1)C(=O)OCC. The molecule has 104 valence electrons. The third kappa shape index (κ3) is 4.73. The Morgan fingerprint density at radius 1 is 1.26 bits per heavy atom. The molecule has 1 rings (SSSR count). The molecule has 19 heavy (non-hydrogen) atoms. The number of Topliss-reactive ketones (excluding diaryl/α,β-unsaturated/α-hetero) is 1. The maximum atomic E-state index is 11.7. The van der Waals surface area contributed by atoms with Crippen molar-refractivity contribution in [1.82, 2.24) is 0 Å². The highest BCUT2D eigenvalue weighted by molar-refractivity contribution is 5.94. The first-order chi connectivity index (χ1) is 9.08. The molecule has 0 heterocycles. The molecule has 0 radical (unpaired) electrons. The summed E-state index contributed by atoms with van der Waals surface area (Å²) in [5.41, 5.74) is 0.566. The van der Waals surface area contributed by atoms with E-state index in [-0.39, 0.29) is 11.8 Å². The van der Waals surface area contributed by atoms with Gasteiger partial charge in [-0.05, 0) is 32.4 Å². The third-order valence-corrected chi connectivity index (χ3v) is 2.62. The van der Waals surface area contributed by atoms with E-state index >= 15 is 0 Å². The standard InChI is InChI=1S/C15H20O4/c1-4-7-14(15(17)18-5-2)19-13-9-6-8-12(10-13)11(3)16/h6,8-10,14H,4-5,7H2,1-3H3. The van der Waals surface area contributed by atoms with Gasteiger partial charge in [0.05, 0.1) is 6.61 Å². The molecule has 1 aromatic carbocycles. The van der Waals surface area contributed by atoms with Crippen LogP contribution in [0.2, 0.25) is 0 Å². The normalized spacial score (nSPS) is 11.7. The van der Waals surface area contributed by atoms with Crippen LogP contribution in [0.4, 0.5) is 0 Å². The monoisotopic (exact) mass is 264 g/mol. The van der Waals surface area contributed by atoms with Gasteiger partial charge in [0.15, 0.2) is 11.9 Å². The molecule has 1 aromatic rings. The van der Waals surface area contributed by atoms with E-state index in [2.05, 4.69) is 0 Å². The minimum atomic E-state index is -0.618. The lowest BCUT2D eigenvalue weighted by molar-refractivity contribution is -0.151. The van der Waals surface area contributed by atoms with Crippen molar-refractivity contribution in [3.05, 3.63) is 29.8 Å². The van der Waals surface area contributed by atoms with E-state index in [1.807, 2.05) is 6.92 Å². The van der Waals surface area contributed by atoms with Crippen molar-refractivity contribution in [3.8, 4) is 5.75 Å². The second-order valence-electron chi connectivity index (χ2n) is 4.23. The predicted octanol–water partition coefficient (Wildman–Crippen LogP) is 3.00. The summed E-state index contributed by atoms with van der Waals surface area (Å²) in [5, 5.41) is 0. The molecule has 0 aliphatic rings. The Balaban J connectivity index is 2.81. The predicted molar refractivity (Wildman–Crippen MR) is 72.4 cm³/mol. The van der Waals surface area contributed by atoms with Gasteiger partial charge in [0.1, 0.15) is 5.75 Å². The Labute approximate surface area is 113 Å². The van der Waals surface area contributed by atoms with Crippen molar-refractivity contribution >= 4 is 11.8 Å². The fraction of sp³-hybridized carbons (Fsp3) is 0.467. The summed E-state index contributed by atoms with van der Waals surface area (Å²) in [4.78, 5) is 23.0. The van der Waals surface area contributed by atoms with Gasteiger partial charge < -0.3 is 9.47 Å². The second-order valence-corrected chi connectivity index (χ2v) is 4.23. The minimum absolute atomic E-state index is 0.0337. The largest absolute Gasteiger partial charge is 0.479 e. The molecule has 1 atom stereocenters. The van der Waals surface area contributed by atoms with E-state index in [0.29, 0.717) is 24.3 Å². The molecular weight excluding hydrogens is 244 g/mol. The highest BCUT2D eigenvalue weighted by Gasteiger charge is 2.20. The fourth-order valence-corrected chi connectivity index (χ4v) is 1.67. The number of hydrogen-bond donors (Lipinski definition) is 0. The van der Waals surface area contributed by atoms with Crippen molar-refractivity contribution in [3.63, 3.8) is 0 Å². The number of benzene rings is 1. The van der Waals surface area contributed by atoms with Crippen LogP contribution < -0.4 is 4.74 Å². The van der Waals surface area contributed by atoms with Gasteiger partial charge >= 0.3 is 5.97 Å². The van der Waals surface area contributed by atoms with Gasteiger partial charge in [-0.2, -0.15) is 0 Å². The summed E-state index contributed by atoms with van der Waals surface area (Å²) < 4.78 is 10.6. The third-order valence-electron chi connectivity index (χ3n) is 2.62. The quantitative estimate of drug-likeness (QED) is 0.561. The van der Waals surface area contributed by atoms with Gasteiger partial charge in [-0.1, -0.05) is 25.5 Å². The molecule has 1 unspecified atom stereocenters. The lowest BCUT2D eigenvalue weighted by Crippen LogP contribution is -2.29. The van der Waals surface area contributed by atoms with Gasteiger partial charge in [-0.15, -0.1) is 0 Å². The van der Waals surface area contributed by atoms with E-state index < -0.39 is 6.10 Å². The van der Waals surface area contributed by atoms with Gasteiger partial charge in [-0.3, -0.25) is 4.79 Å². The molecule has 0 amide bonds. The Bertz CT molecular complexity index is 440. The van der Waals surface area contributed by atoms with Crippen LogP contribution in [-0.4, -0.2) is 24.5 Å². The highest BCUT2D eigenvalue weighted by atomic mass is 16.6. The maximum absolute atomic E-state index is 11.7. The molecule has 0 bridgehead atoms. The summed E-state index contributed by atoms with van der Waals surface area (Å²) in [6.07, 6.45) is 0.783. The first kappa shape index (κ1) is 15.2. The summed E-state index contributed by atoms with van der Waals surface area (Å²) in [7, 11) is 0. The van der Waals surface area contributed by atoms with Gasteiger partial charge in [0.25, 0.3) is 0 Å². The number of ether oxygens (including phenoxy) is 2. The van der Waals surface area contributed by atoms with Crippen LogP contribution in [0.25, 0.3) is 0 Å². The molecule has 0 saturated heterocycles. The Morgan fingerprint density at radius 3 is 2.58 bits per heavy atom. The molecule has 0 fully saturated rings. The zero-order valence-corrected chi connectivity index (χ0v) is 11.6. The number of ketones is 1. The molecule has 0 N–H and O–H groups in total. The zero-order valence-electron chi connectivity index (χ0n) is 11.6. The van der Waals surface area contributed by atoms with Crippen LogP contribution in [0.5, 0.6) is 5.75 Å². The molecule has 0 aliphatic heterocycles. The molecule has 0 spiro atoms. The molecule has 0 aliphatic carbocycles. The van der Waals surface area contributed by atoms with Gasteiger partial charge in [0, 0.05) is 5.56 Å². The van der Waals surface area contributed by atoms with Crippen LogP contribution in [0, 0.1) is 0 Å². The van der Waals surface area contributed by atoms with E-state index in [1.165, 1.54) is 6.92 Å². The summed E-state index contributed by atoms with van der Waals surface area (Å²) in [5.74, 6) is 0.116. The first-order valence-corrected chi connectivity index (χ1v) is 6.52. The summed E-state index contributed by atoms with van der Waals surface area (Å²) in [6, 6.07) is 6.83. The number of rotatable bonds is 7. The minimum Gasteiger partial charge on any atom is -0.479 e. The number of carbonyl (C=O) groups is 2. The van der Waals surface area contributed by atoms with Crippen molar-refractivity contribution in [2.45, 2.75) is 39.7 Å². The lowest BCUT2D eigenvalue weighted by atomic mass is 10.1. The molecule has 0 aromatic heterocycles.